The van der Waals surface area contributed by atoms with Gasteiger partial charge in [-0.3, -0.25) is 4.79 Å². The summed E-state index contributed by atoms with van der Waals surface area (Å²) in [6.07, 6.45) is 1.71. The van der Waals surface area contributed by atoms with Crippen LogP contribution in [0.25, 0.3) is 0 Å². The van der Waals surface area contributed by atoms with Crippen molar-refractivity contribution in [3.05, 3.63) is 66.9 Å². The number of rotatable bonds is 7. The first-order valence-corrected chi connectivity index (χ1v) is 12.7. The fourth-order valence-electron chi connectivity index (χ4n) is 4.57. The fraction of sp³-hybridized carbons (Fsp3) is 0.286. The van der Waals surface area contributed by atoms with E-state index in [0.717, 1.165) is 31.9 Å². The predicted octanol–water partition coefficient (Wildman–Crippen LogP) is 4.45. The minimum Gasteiger partial charge on any atom is -0.494 e. The zero-order valence-electron chi connectivity index (χ0n) is 22.2. The van der Waals surface area contributed by atoms with E-state index < -0.39 is 12.2 Å². The van der Waals surface area contributed by atoms with Crippen molar-refractivity contribution in [2.45, 2.75) is 13.0 Å². The molecular formula is C28H31N7O4. The highest BCUT2D eigenvalue weighted by Crippen LogP contribution is 2.39. The SMILES string of the molecule is C=CC(=O)Nc1cccc(N2C(=O)OC(C)c3cnc(Nc4ccc(N5CCN(C)CC5)cc4OC)nc32)c1. The number of aromatic nitrogens is 2. The van der Waals surface area contributed by atoms with E-state index in [-0.39, 0.29) is 5.91 Å². The maximum atomic E-state index is 13.0. The number of carbonyl (C=O) groups is 2. The monoisotopic (exact) mass is 529 g/mol. The molecule has 0 spiro atoms. The second-order valence-corrected chi connectivity index (χ2v) is 9.38. The number of carbonyl (C=O) groups excluding carboxylic acids is 2. The summed E-state index contributed by atoms with van der Waals surface area (Å²) < 4.78 is 11.2. The van der Waals surface area contributed by atoms with Crippen LogP contribution in [0.5, 0.6) is 5.75 Å². The number of amides is 2. The van der Waals surface area contributed by atoms with Crippen LogP contribution >= 0.6 is 0 Å². The van der Waals surface area contributed by atoms with E-state index in [4.69, 9.17) is 14.5 Å². The number of hydrogen-bond donors (Lipinski definition) is 2. The normalized spacial score (nSPS) is 17.2. The van der Waals surface area contributed by atoms with E-state index in [9.17, 15) is 9.59 Å². The van der Waals surface area contributed by atoms with Gasteiger partial charge in [0.05, 0.1) is 24.0 Å². The number of cyclic esters (lactones) is 1. The molecule has 2 aliphatic rings. The van der Waals surface area contributed by atoms with Crippen LogP contribution in [-0.2, 0) is 9.53 Å². The van der Waals surface area contributed by atoms with E-state index in [1.165, 1.54) is 11.0 Å². The van der Waals surface area contributed by atoms with Crippen molar-refractivity contribution >= 4 is 46.5 Å². The van der Waals surface area contributed by atoms with Crippen LogP contribution in [0.15, 0.2) is 61.3 Å². The summed E-state index contributed by atoms with van der Waals surface area (Å²) in [4.78, 5) is 40.0. The highest BCUT2D eigenvalue weighted by atomic mass is 16.6. The van der Waals surface area contributed by atoms with Gasteiger partial charge in [-0.15, -0.1) is 0 Å². The minimum atomic E-state index is -0.582. The summed E-state index contributed by atoms with van der Waals surface area (Å²) in [5.74, 6) is 0.978. The zero-order chi connectivity index (χ0) is 27.5. The molecule has 202 valence electrons. The van der Waals surface area contributed by atoms with Crippen LogP contribution in [0.2, 0.25) is 0 Å². The van der Waals surface area contributed by atoms with Gasteiger partial charge in [-0.2, -0.15) is 4.98 Å². The Morgan fingerprint density at radius 2 is 1.95 bits per heavy atom. The van der Waals surface area contributed by atoms with Gasteiger partial charge < -0.3 is 29.9 Å². The Kier molecular flexibility index (Phi) is 7.33. The first kappa shape index (κ1) is 26.0. The number of benzene rings is 2. The van der Waals surface area contributed by atoms with Gasteiger partial charge in [-0.05, 0) is 50.4 Å². The van der Waals surface area contributed by atoms with Crippen molar-refractivity contribution in [2.75, 3.05) is 60.8 Å². The first-order chi connectivity index (χ1) is 18.9. The largest absolute Gasteiger partial charge is 0.494 e. The quantitative estimate of drug-likeness (QED) is 0.429. The van der Waals surface area contributed by atoms with E-state index in [2.05, 4.69) is 39.0 Å². The number of methoxy groups -OCH3 is 1. The Bertz CT molecular complexity index is 1400. The van der Waals surface area contributed by atoms with Gasteiger partial charge in [0.1, 0.15) is 11.9 Å². The summed E-state index contributed by atoms with van der Waals surface area (Å²) in [6, 6.07) is 12.8. The molecule has 11 nitrogen and oxygen atoms in total. The van der Waals surface area contributed by atoms with E-state index in [1.54, 1.807) is 44.5 Å². The second kappa shape index (κ2) is 11.0. The van der Waals surface area contributed by atoms with Crippen molar-refractivity contribution in [2.24, 2.45) is 0 Å². The average molecular weight is 530 g/mol. The van der Waals surface area contributed by atoms with Crippen LogP contribution in [-0.4, -0.2) is 67.2 Å². The van der Waals surface area contributed by atoms with Crippen molar-refractivity contribution in [3.63, 3.8) is 0 Å². The van der Waals surface area contributed by atoms with Crippen molar-refractivity contribution in [1.29, 1.82) is 0 Å². The molecule has 1 saturated heterocycles. The summed E-state index contributed by atoms with van der Waals surface area (Å²) >= 11 is 0. The van der Waals surface area contributed by atoms with Crippen molar-refractivity contribution < 1.29 is 19.1 Å². The molecule has 5 rings (SSSR count). The fourth-order valence-corrected chi connectivity index (χ4v) is 4.57. The Morgan fingerprint density at radius 1 is 1.15 bits per heavy atom. The number of hydrogen-bond acceptors (Lipinski definition) is 9. The number of nitrogens with one attached hydrogen (secondary N) is 2. The molecule has 1 fully saturated rings. The van der Waals surface area contributed by atoms with Gasteiger partial charge >= 0.3 is 6.09 Å². The molecule has 39 heavy (non-hydrogen) atoms. The highest BCUT2D eigenvalue weighted by Gasteiger charge is 2.34. The third-order valence-electron chi connectivity index (χ3n) is 6.76. The lowest BCUT2D eigenvalue weighted by molar-refractivity contribution is -0.111. The maximum Gasteiger partial charge on any atom is 0.420 e. The second-order valence-electron chi connectivity index (χ2n) is 9.38. The molecule has 0 bridgehead atoms. The van der Waals surface area contributed by atoms with Crippen LogP contribution in [0, 0.1) is 0 Å². The molecule has 0 saturated carbocycles. The van der Waals surface area contributed by atoms with Crippen molar-refractivity contribution in [1.82, 2.24) is 14.9 Å². The van der Waals surface area contributed by atoms with Crippen molar-refractivity contribution in [3.8, 4) is 5.75 Å². The summed E-state index contributed by atoms with van der Waals surface area (Å²) in [6.45, 7) is 9.15. The lowest BCUT2D eigenvalue weighted by Crippen LogP contribution is -2.44. The van der Waals surface area contributed by atoms with Gasteiger partial charge in [0.2, 0.25) is 11.9 Å². The zero-order valence-corrected chi connectivity index (χ0v) is 22.2. The van der Waals surface area contributed by atoms with E-state index in [1.807, 2.05) is 18.2 Å². The Morgan fingerprint density at radius 3 is 2.69 bits per heavy atom. The lowest BCUT2D eigenvalue weighted by atomic mass is 10.1. The predicted molar refractivity (Wildman–Crippen MR) is 150 cm³/mol. The number of fused-ring (bicyclic) bond motifs is 1. The number of likely N-dealkylation sites (N-methyl/N-ethyl adjacent to an activating group) is 1. The van der Waals surface area contributed by atoms with Crippen LogP contribution in [0.4, 0.5) is 39.3 Å². The van der Waals surface area contributed by atoms with Gasteiger partial charge in [0.15, 0.2) is 5.82 Å². The van der Waals surface area contributed by atoms with Gasteiger partial charge in [-0.1, -0.05) is 12.6 Å². The highest BCUT2D eigenvalue weighted by molar-refractivity contribution is 6.01. The smallest absolute Gasteiger partial charge is 0.420 e. The molecule has 3 heterocycles. The third-order valence-corrected chi connectivity index (χ3v) is 6.76. The molecule has 1 atom stereocenters. The number of ether oxygens (including phenoxy) is 2. The molecule has 2 aliphatic heterocycles. The number of anilines is 6. The first-order valence-electron chi connectivity index (χ1n) is 12.7. The molecule has 1 unspecified atom stereocenters. The van der Waals surface area contributed by atoms with E-state index >= 15 is 0 Å². The Balaban J connectivity index is 1.44. The molecule has 0 aliphatic carbocycles. The molecule has 3 aromatic rings. The summed E-state index contributed by atoms with van der Waals surface area (Å²) in [5.41, 5.74) is 3.42. The van der Waals surface area contributed by atoms with E-state index in [0.29, 0.717) is 40.1 Å². The molecule has 0 radical (unpaired) electrons. The molecule has 2 N–H and O–H groups in total. The van der Waals surface area contributed by atoms with Crippen LogP contribution in [0.3, 0.4) is 0 Å². The average Bonchev–Trinajstić information content (AvgIpc) is 2.94. The topological polar surface area (TPSA) is 112 Å². The molecule has 11 heteroatoms. The summed E-state index contributed by atoms with van der Waals surface area (Å²) in [5, 5.41) is 5.94. The molecular weight excluding hydrogens is 498 g/mol. The Hall–Kier alpha value is -4.64. The molecule has 1 aromatic heterocycles. The molecule has 2 aromatic carbocycles. The standard InChI is InChI=1S/C28H31N7O4/c1-5-25(36)30-19-7-6-8-21(15-19)35-26-22(18(2)39-28(35)37)17-29-27(32-26)31-23-10-9-20(16-24(23)38-4)34-13-11-33(3)12-14-34/h5-10,15-18H,1,11-14H2,2-4H3,(H,30,36)(H,29,31,32). The summed E-state index contributed by atoms with van der Waals surface area (Å²) in [7, 11) is 3.75. The lowest BCUT2D eigenvalue weighted by Gasteiger charge is -2.34. The van der Waals surface area contributed by atoms with Gasteiger partial charge in [0, 0.05) is 49.8 Å². The number of nitrogens with zero attached hydrogens (tertiary/aromatic N) is 5. The molecule has 2 amide bonds. The van der Waals surface area contributed by atoms with Gasteiger partial charge in [0.25, 0.3) is 0 Å². The maximum absolute atomic E-state index is 13.0. The number of piperazine rings is 1. The van der Waals surface area contributed by atoms with Gasteiger partial charge in [-0.25, -0.2) is 14.7 Å². The third kappa shape index (κ3) is 5.48. The Labute approximate surface area is 227 Å². The minimum absolute atomic E-state index is 0.294. The van der Waals surface area contributed by atoms with Crippen LogP contribution < -0.4 is 25.2 Å². The van der Waals surface area contributed by atoms with Crippen LogP contribution in [0.1, 0.15) is 18.6 Å².